The lowest BCUT2D eigenvalue weighted by Crippen LogP contribution is -2.24. The molecule has 2 heteroatoms. The first-order valence-corrected chi connectivity index (χ1v) is 6.66. The van der Waals surface area contributed by atoms with Crippen LogP contribution in [-0.2, 0) is 6.42 Å². The van der Waals surface area contributed by atoms with Gasteiger partial charge in [-0.1, -0.05) is 44.2 Å². The Hall–Kier alpha value is -1.83. The first-order valence-electron chi connectivity index (χ1n) is 6.66. The summed E-state index contributed by atoms with van der Waals surface area (Å²) >= 11 is 0. The Labute approximate surface area is 113 Å². The summed E-state index contributed by atoms with van der Waals surface area (Å²) < 4.78 is 13.3. The normalized spacial score (nSPS) is 20.1. The molecule has 1 unspecified atom stereocenters. The molecule has 0 bridgehead atoms. The number of halogens is 1. The summed E-state index contributed by atoms with van der Waals surface area (Å²) in [6.45, 7) is 4.51. The van der Waals surface area contributed by atoms with E-state index in [0.717, 1.165) is 12.1 Å². The maximum atomic E-state index is 13.3. The van der Waals surface area contributed by atoms with Crippen molar-refractivity contribution < 1.29 is 4.39 Å². The van der Waals surface area contributed by atoms with Gasteiger partial charge in [0.2, 0.25) is 0 Å². The topological polar surface area (TPSA) is 12.0 Å². The van der Waals surface area contributed by atoms with Gasteiger partial charge >= 0.3 is 0 Å². The Kier molecular flexibility index (Phi) is 2.81. The van der Waals surface area contributed by atoms with Gasteiger partial charge in [0, 0.05) is 5.69 Å². The van der Waals surface area contributed by atoms with Gasteiger partial charge in [-0.25, -0.2) is 4.39 Å². The van der Waals surface area contributed by atoms with Crippen LogP contribution in [0.25, 0.3) is 0 Å². The minimum Gasteiger partial charge on any atom is -0.378 e. The van der Waals surface area contributed by atoms with Crippen LogP contribution in [0.1, 0.15) is 31.0 Å². The Morgan fingerprint density at radius 2 is 1.89 bits per heavy atom. The molecule has 0 saturated heterocycles. The molecule has 1 aliphatic carbocycles. The van der Waals surface area contributed by atoms with Crippen molar-refractivity contribution in [3.8, 4) is 0 Å². The second kappa shape index (κ2) is 4.37. The molecule has 0 saturated carbocycles. The molecule has 0 heterocycles. The van der Waals surface area contributed by atoms with Crippen molar-refractivity contribution in [2.75, 3.05) is 5.32 Å². The number of rotatable bonds is 2. The van der Waals surface area contributed by atoms with Crippen LogP contribution < -0.4 is 5.32 Å². The summed E-state index contributed by atoms with van der Waals surface area (Å²) in [5.74, 6) is -0.200. The van der Waals surface area contributed by atoms with E-state index in [2.05, 4.69) is 43.4 Å². The fraction of sp³-hybridized carbons (Fsp3) is 0.294. The molecular formula is C17H18FN. The number of fused-ring (bicyclic) bond motifs is 1. The van der Waals surface area contributed by atoms with Gasteiger partial charge in [0.1, 0.15) is 5.82 Å². The molecule has 3 rings (SSSR count). The van der Waals surface area contributed by atoms with Crippen molar-refractivity contribution in [3.63, 3.8) is 0 Å². The summed E-state index contributed by atoms with van der Waals surface area (Å²) in [7, 11) is 0. The summed E-state index contributed by atoms with van der Waals surface area (Å²) in [6.07, 6.45) is 1.05. The number of hydrogen-bond acceptors (Lipinski definition) is 1. The van der Waals surface area contributed by atoms with Crippen molar-refractivity contribution in [1.29, 1.82) is 0 Å². The zero-order chi connectivity index (χ0) is 13.5. The van der Waals surface area contributed by atoms with Crippen molar-refractivity contribution >= 4 is 5.69 Å². The molecule has 98 valence electrons. The van der Waals surface area contributed by atoms with Gasteiger partial charge < -0.3 is 5.32 Å². The van der Waals surface area contributed by atoms with Crippen LogP contribution in [0.2, 0.25) is 0 Å². The average molecular weight is 255 g/mol. The first-order chi connectivity index (χ1) is 9.06. The molecule has 0 amide bonds. The minimum atomic E-state index is -0.200. The van der Waals surface area contributed by atoms with E-state index >= 15 is 0 Å². The molecule has 0 fully saturated rings. The number of nitrogens with one attached hydrogen (secondary N) is 1. The maximum absolute atomic E-state index is 13.3. The highest BCUT2D eigenvalue weighted by molar-refractivity contribution is 5.49. The zero-order valence-corrected chi connectivity index (χ0v) is 11.3. The highest BCUT2D eigenvalue weighted by Gasteiger charge is 2.38. The van der Waals surface area contributed by atoms with Crippen molar-refractivity contribution in [3.05, 3.63) is 65.5 Å². The van der Waals surface area contributed by atoms with Crippen molar-refractivity contribution in [1.82, 2.24) is 0 Å². The SMILES string of the molecule is CC1(C)Cc2ccccc2C1Nc1cccc(F)c1. The minimum absolute atomic E-state index is 0.135. The number of hydrogen-bond donors (Lipinski definition) is 1. The largest absolute Gasteiger partial charge is 0.378 e. The molecule has 0 aliphatic heterocycles. The number of benzene rings is 2. The standard InChI is InChI=1S/C17H18FN/c1-17(2)11-12-6-3-4-9-15(12)16(17)19-14-8-5-7-13(18)10-14/h3-10,16,19H,11H2,1-2H3. The third kappa shape index (κ3) is 2.23. The van der Waals surface area contributed by atoms with Gasteiger partial charge in [0.05, 0.1) is 6.04 Å². The summed E-state index contributed by atoms with van der Waals surface area (Å²) in [4.78, 5) is 0. The van der Waals surface area contributed by atoms with Gasteiger partial charge in [-0.15, -0.1) is 0 Å². The van der Waals surface area contributed by atoms with E-state index in [1.807, 2.05) is 6.07 Å². The third-order valence-corrected chi connectivity index (χ3v) is 3.93. The number of anilines is 1. The fourth-order valence-corrected chi connectivity index (χ4v) is 3.01. The Morgan fingerprint density at radius 1 is 1.11 bits per heavy atom. The molecule has 19 heavy (non-hydrogen) atoms. The highest BCUT2D eigenvalue weighted by atomic mass is 19.1. The van der Waals surface area contributed by atoms with E-state index in [9.17, 15) is 4.39 Å². The van der Waals surface area contributed by atoms with Crippen molar-refractivity contribution in [2.24, 2.45) is 5.41 Å². The van der Waals surface area contributed by atoms with Crippen molar-refractivity contribution in [2.45, 2.75) is 26.3 Å². The maximum Gasteiger partial charge on any atom is 0.125 e. The van der Waals surface area contributed by atoms with Crippen LogP contribution in [0.15, 0.2) is 48.5 Å². The lowest BCUT2D eigenvalue weighted by Gasteiger charge is -2.29. The van der Waals surface area contributed by atoms with Crippen LogP contribution in [0.3, 0.4) is 0 Å². The smallest absolute Gasteiger partial charge is 0.125 e. The van der Waals surface area contributed by atoms with Gasteiger partial charge in [-0.2, -0.15) is 0 Å². The van der Waals surface area contributed by atoms with Gasteiger partial charge in [-0.05, 0) is 41.2 Å². The lowest BCUT2D eigenvalue weighted by atomic mass is 9.85. The Bertz CT molecular complexity index is 604. The molecular weight excluding hydrogens is 237 g/mol. The van der Waals surface area contributed by atoms with Crippen LogP contribution in [-0.4, -0.2) is 0 Å². The molecule has 1 atom stereocenters. The molecule has 1 N–H and O–H groups in total. The van der Waals surface area contributed by atoms with Crippen LogP contribution >= 0.6 is 0 Å². The quantitative estimate of drug-likeness (QED) is 0.829. The average Bonchev–Trinajstić information content (AvgIpc) is 2.61. The Balaban J connectivity index is 1.95. The molecule has 0 radical (unpaired) electrons. The molecule has 2 aromatic rings. The fourth-order valence-electron chi connectivity index (χ4n) is 3.01. The van der Waals surface area contributed by atoms with E-state index in [1.54, 1.807) is 12.1 Å². The monoisotopic (exact) mass is 255 g/mol. The van der Waals surface area contributed by atoms with Crippen LogP contribution in [0.5, 0.6) is 0 Å². The van der Waals surface area contributed by atoms with E-state index < -0.39 is 0 Å². The molecule has 0 spiro atoms. The van der Waals surface area contributed by atoms with Gasteiger partial charge in [0.25, 0.3) is 0 Å². The van der Waals surface area contributed by atoms with Gasteiger partial charge in [0.15, 0.2) is 0 Å². The van der Waals surface area contributed by atoms with E-state index in [-0.39, 0.29) is 17.3 Å². The summed E-state index contributed by atoms with van der Waals surface area (Å²) in [6, 6.07) is 15.4. The van der Waals surface area contributed by atoms with E-state index in [0.29, 0.717) is 0 Å². The molecule has 0 aromatic heterocycles. The first kappa shape index (κ1) is 12.2. The van der Waals surface area contributed by atoms with Crippen LogP contribution in [0.4, 0.5) is 10.1 Å². The lowest BCUT2D eigenvalue weighted by molar-refractivity contribution is 0.337. The van der Waals surface area contributed by atoms with Crippen LogP contribution in [0, 0.1) is 11.2 Å². The summed E-state index contributed by atoms with van der Waals surface area (Å²) in [5.41, 5.74) is 3.70. The zero-order valence-electron chi connectivity index (χ0n) is 11.3. The van der Waals surface area contributed by atoms with Gasteiger partial charge in [-0.3, -0.25) is 0 Å². The molecule has 2 aromatic carbocycles. The molecule has 1 nitrogen and oxygen atoms in total. The predicted octanol–water partition coefficient (Wildman–Crippen LogP) is 4.56. The Morgan fingerprint density at radius 3 is 2.68 bits per heavy atom. The highest BCUT2D eigenvalue weighted by Crippen LogP contribution is 2.46. The second-order valence-electron chi connectivity index (χ2n) is 5.95. The second-order valence-corrected chi connectivity index (χ2v) is 5.95. The predicted molar refractivity (Wildman–Crippen MR) is 76.7 cm³/mol. The van der Waals surface area contributed by atoms with E-state index in [4.69, 9.17) is 0 Å². The third-order valence-electron chi connectivity index (χ3n) is 3.93. The molecule has 1 aliphatic rings. The van der Waals surface area contributed by atoms with E-state index in [1.165, 1.54) is 17.2 Å². The summed E-state index contributed by atoms with van der Waals surface area (Å²) in [5, 5.41) is 3.49.